The molecule has 0 spiro atoms. The van der Waals surface area contributed by atoms with Crippen LogP contribution in [0, 0.1) is 56.7 Å². The molecule has 4 fully saturated rings. The van der Waals surface area contributed by atoms with E-state index in [1.54, 1.807) is 5.57 Å². The number of fused-ring (bicyclic) bond motifs is 7. The Morgan fingerprint density at radius 2 is 1.61 bits per heavy atom. The summed E-state index contributed by atoms with van der Waals surface area (Å²) in [5.41, 5.74) is 2.40. The van der Waals surface area contributed by atoms with E-state index in [0.29, 0.717) is 23.7 Å². The van der Waals surface area contributed by atoms with Gasteiger partial charge in [-0.1, -0.05) is 60.1 Å². The van der Waals surface area contributed by atoms with E-state index in [2.05, 4.69) is 54.5 Å². The molecule has 0 radical (unpaired) electrons. The van der Waals surface area contributed by atoms with Gasteiger partial charge in [-0.3, -0.25) is 4.79 Å². The summed E-state index contributed by atoms with van der Waals surface area (Å²) in [5, 5.41) is 21.0. The van der Waals surface area contributed by atoms with Crippen molar-refractivity contribution in [1.29, 1.82) is 0 Å². The number of carboxylic acids is 1. The molecule has 5 aliphatic rings. The summed E-state index contributed by atoms with van der Waals surface area (Å²) in [6.45, 7) is 16.9. The molecule has 0 unspecified atom stereocenters. The lowest BCUT2D eigenvalue weighted by molar-refractivity contribution is -0.201. The van der Waals surface area contributed by atoms with E-state index in [1.165, 1.54) is 12.8 Å². The molecule has 0 saturated heterocycles. The highest BCUT2D eigenvalue weighted by Crippen LogP contribution is 2.74. The number of carboxylic acid groups (broad SMARTS) is 1. The molecule has 0 amide bonds. The van der Waals surface area contributed by atoms with Crippen LogP contribution in [0.3, 0.4) is 0 Å². The van der Waals surface area contributed by atoms with E-state index < -0.39 is 5.97 Å². The van der Waals surface area contributed by atoms with Crippen molar-refractivity contribution in [3.63, 3.8) is 0 Å². The van der Waals surface area contributed by atoms with E-state index in [-0.39, 0.29) is 39.1 Å². The first-order valence-electron chi connectivity index (χ1n) is 13.8. The zero-order valence-electron chi connectivity index (χ0n) is 22.2. The molecule has 186 valence electrons. The molecule has 0 aromatic carbocycles. The van der Waals surface area contributed by atoms with Crippen molar-refractivity contribution in [3.8, 4) is 0 Å². The predicted octanol–water partition coefficient (Wildman–Crippen LogP) is 7.09. The smallest absolute Gasteiger partial charge is 0.306 e. The molecule has 33 heavy (non-hydrogen) atoms. The highest BCUT2D eigenvalue weighted by atomic mass is 16.4. The lowest BCUT2D eigenvalue weighted by atomic mass is 9.34. The maximum absolute atomic E-state index is 12.3. The maximum atomic E-state index is 12.3. The van der Waals surface area contributed by atoms with Gasteiger partial charge in [0.2, 0.25) is 0 Å². The van der Waals surface area contributed by atoms with Crippen LogP contribution >= 0.6 is 0 Å². The zero-order valence-corrected chi connectivity index (χ0v) is 22.2. The molecule has 9 atom stereocenters. The second kappa shape index (κ2) is 7.11. The first-order chi connectivity index (χ1) is 15.2. The summed E-state index contributed by atoms with van der Waals surface area (Å²) in [4.78, 5) is 12.3. The Labute approximate surface area is 201 Å². The summed E-state index contributed by atoms with van der Waals surface area (Å²) in [7, 11) is 0. The maximum Gasteiger partial charge on any atom is 0.306 e. The second-order valence-electron chi connectivity index (χ2n) is 15.0. The van der Waals surface area contributed by atoms with Crippen LogP contribution in [0.15, 0.2) is 11.6 Å². The average Bonchev–Trinajstić information content (AvgIpc) is 2.70. The van der Waals surface area contributed by atoms with E-state index in [4.69, 9.17) is 0 Å². The minimum atomic E-state index is -0.571. The third-order valence-electron chi connectivity index (χ3n) is 12.8. The van der Waals surface area contributed by atoms with Crippen LogP contribution in [-0.2, 0) is 4.79 Å². The Morgan fingerprint density at radius 3 is 2.27 bits per heavy atom. The second-order valence-corrected chi connectivity index (χ2v) is 15.0. The number of hydrogen-bond acceptors (Lipinski definition) is 2. The summed E-state index contributed by atoms with van der Waals surface area (Å²) in [5.74, 6) is 1.20. The van der Waals surface area contributed by atoms with Crippen molar-refractivity contribution >= 4 is 5.97 Å². The Hall–Kier alpha value is -0.830. The molecule has 0 aromatic heterocycles. The van der Waals surface area contributed by atoms with Crippen molar-refractivity contribution in [3.05, 3.63) is 11.6 Å². The lowest BCUT2D eigenvalue weighted by Gasteiger charge is -2.70. The Morgan fingerprint density at radius 1 is 0.909 bits per heavy atom. The van der Waals surface area contributed by atoms with Crippen LogP contribution in [0.4, 0.5) is 0 Å². The molecule has 5 aliphatic carbocycles. The fourth-order valence-electron chi connectivity index (χ4n) is 10.8. The minimum absolute atomic E-state index is 0.0149. The van der Waals surface area contributed by atoms with Gasteiger partial charge in [0.25, 0.3) is 0 Å². The van der Waals surface area contributed by atoms with Gasteiger partial charge in [0.05, 0.1) is 12.0 Å². The van der Waals surface area contributed by atoms with E-state index >= 15 is 0 Å². The Balaban J connectivity index is 1.56. The van der Waals surface area contributed by atoms with Crippen LogP contribution in [0.5, 0.6) is 0 Å². The fraction of sp³-hybridized carbons (Fsp3) is 0.900. The topological polar surface area (TPSA) is 57.5 Å². The van der Waals surface area contributed by atoms with E-state index in [9.17, 15) is 15.0 Å². The Bertz CT molecular complexity index is 870. The van der Waals surface area contributed by atoms with Crippen molar-refractivity contribution in [2.45, 2.75) is 112 Å². The first kappa shape index (κ1) is 23.9. The van der Waals surface area contributed by atoms with Gasteiger partial charge in [0.15, 0.2) is 0 Å². The highest BCUT2D eigenvalue weighted by Gasteiger charge is 2.67. The number of hydrogen-bond donors (Lipinski definition) is 2. The average molecular weight is 457 g/mol. The number of allylic oxidation sites excluding steroid dienone is 2. The summed E-state index contributed by atoms with van der Waals surface area (Å²) in [6.07, 6.45) is 12.3. The van der Waals surface area contributed by atoms with Gasteiger partial charge < -0.3 is 10.2 Å². The molecular weight excluding hydrogens is 408 g/mol. The van der Waals surface area contributed by atoms with E-state index in [1.807, 2.05) is 0 Å². The van der Waals surface area contributed by atoms with Crippen molar-refractivity contribution in [1.82, 2.24) is 0 Å². The Kier molecular flexibility index (Phi) is 5.15. The predicted molar refractivity (Wildman–Crippen MR) is 133 cm³/mol. The van der Waals surface area contributed by atoms with Crippen molar-refractivity contribution in [2.75, 3.05) is 0 Å². The third-order valence-corrected chi connectivity index (χ3v) is 12.8. The van der Waals surface area contributed by atoms with Gasteiger partial charge >= 0.3 is 5.97 Å². The molecule has 3 heteroatoms. The highest BCUT2D eigenvalue weighted by molar-refractivity contribution is 5.71. The van der Waals surface area contributed by atoms with E-state index in [0.717, 1.165) is 44.9 Å². The van der Waals surface area contributed by atoms with Gasteiger partial charge in [-0.15, -0.1) is 0 Å². The third kappa shape index (κ3) is 3.06. The van der Waals surface area contributed by atoms with Gasteiger partial charge in [-0.25, -0.2) is 0 Å². The summed E-state index contributed by atoms with van der Waals surface area (Å²) < 4.78 is 0. The van der Waals surface area contributed by atoms with Gasteiger partial charge in [0, 0.05) is 0 Å². The van der Waals surface area contributed by atoms with Crippen LogP contribution in [-0.4, -0.2) is 22.3 Å². The summed E-state index contributed by atoms with van der Waals surface area (Å²) in [6, 6.07) is 0. The van der Waals surface area contributed by atoms with Gasteiger partial charge in [-0.2, -0.15) is 0 Å². The number of rotatable bonds is 1. The molecule has 2 N–H and O–H groups in total. The normalized spacial score (nSPS) is 52.4. The molecule has 5 rings (SSSR count). The quantitative estimate of drug-likeness (QED) is 0.414. The SMILES string of the molecule is CC1(C)C[C@@H](C(=O)O)[C@H]2CC[C@]3(C)C(=CC[C@@H]4[C@@]5(C)CC[C@H](O)C(C)(C)[C@@H]5CC[C@]43C)[C@@H]2C1. The summed E-state index contributed by atoms with van der Waals surface area (Å²) >= 11 is 0. The molecule has 0 aromatic rings. The standard InChI is InChI=1S/C30H48O3/c1-26(2)16-19-18(20(17-26)25(32)33)10-14-29(6)21(19)8-9-23-28(5)13-12-24(31)27(3,4)22(28)11-15-30(23,29)7/h8,18-20,22-24,31H,9-17H2,1-7H3,(H,32,33)/t18-,19+,20+,22-,23+,24-,28-,29+,30+/m0/s1. The molecule has 4 saturated carbocycles. The molecule has 0 aliphatic heterocycles. The molecule has 3 nitrogen and oxygen atoms in total. The van der Waals surface area contributed by atoms with Crippen LogP contribution < -0.4 is 0 Å². The molecular formula is C30H48O3. The molecule has 0 heterocycles. The van der Waals surface area contributed by atoms with Crippen LogP contribution in [0.25, 0.3) is 0 Å². The van der Waals surface area contributed by atoms with Crippen LogP contribution in [0.2, 0.25) is 0 Å². The monoisotopic (exact) mass is 456 g/mol. The van der Waals surface area contributed by atoms with Crippen molar-refractivity contribution < 1.29 is 15.0 Å². The molecule has 0 bridgehead atoms. The fourth-order valence-corrected chi connectivity index (χ4v) is 10.8. The number of carbonyl (C=O) groups is 1. The number of aliphatic carboxylic acids is 1. The van der Waals surface area contributed by atoms with Crippen molar-refractivity contribution in [2.24, 2.45) is 56.7 Å². The minimum Gasteiger partial charge on any atom is -0.481 e. The van der Waals surface area contributed by atoms with Gasteiger partial charge in [-0.05, 0) is 109 Å². The van der Waals surface area contributed by atoms with Crippen LogP contribution in [0.1, 0.15) is 106 Å². The first-order valence-corrected chi connectivity index (χ1v) is 13.8. The largest absolute Gasteiger partial charge is 0.481 e. The van der Waals surface area contributed by atoms with Gasteiger partial charge in [0.1, 0.15) is 0 Å². The number of aliphatic hydroxyl groups is 1. The zero-order chi connectivity index (χ0) is 24.2. The lowest BCUT2D eigenvalue weighted by Crippen LogP contribution is -2.64. The number of aliphatic hydroxyl groups excluding tert-OH is 1.